The first kappa shape index (κ1) is 15.0. The van der Waals surface area contributed by atoms with Gasteiger partial charge in [-0.05, 0) is 44.0 Å². The Morgan fingerprint density at radius 2 is 2.09 bits per heavy atom. The number of nitrogens with zero attached hydrogens (tertiary/aromatic N) is 2. The molecule has 0 spiro atoms. The molecule has 2 heterocycles. The lowest BCUT2D eigenvalue weighted by Crippen LogP contribution is -2.43. The van der Waals surface area contributed by atoms with Crippen LogP contribution in [0.1, 0.15) is 50.2 Å². The summed E-state index contributed by atoms with van der Waals surface area (Å²) in [7, 11) is 2.29. The smallest absolute Gasteiger partial charge is 0.0486 e. The molecule has 4 rings (SSSR count). The van der Waals surface area contributed by atoms with E-state index in [4.69, 9.17) is 0 Å². The van der Waals surface area contributed by atoms with Crippen molar-refractivity contribution in [3.05, 3.63) is 47.2 Å². The van der Waals surface area contributed by atoms with E-state index < -0.39 is 0 Å². The van der Waals surface area contributed by atoms with E-state index in [2.05, 4.69) is 60.8 Å². The predicted molar refractivity (Wildman–Crippen MR) is 98.1 cm³/mol. The third-order valence-corrected chi connectivity index (χ3v) is 5.75. The Labute approximate surface area is 139 Å². The van der Waals surface area contributed by atoms with Crippen LogP contribution in [0.3, 0.4) is 0 Å². The summed E-state index contributed by atoms with van der Waals surface area (Å²) >= 11 is 0. The number of unbranched alkanes of at least 4 members (excludes halogenated alkanes) is 2. The Morgan fingerprint density at radius 1 is 1.22 bits per heavy atom. The van der Waals surface area contributed by atoms with Gasteiger partial charge in [0.25, 0.3) is 0 Å². The van der Waals surface area contributed by atoms with Crippen LogP contribution in [0.2, 0.25) is 0 Å². The van der Waals surface area contributed by atoms with Gasteiger partial charge in [0.1, 0.15) is 0 Å². The highest BCUT2D eigenvalue weighted by molar-refractivity contribution is 5.89. The quantitative estimate of drug-likeness (QED) is 0.585. The molecule has 1 unspecified atom stereocenters. The number of aromatic nitrogens is 1. The van der Waals surface area contributed by atoms with Crippen molar-refractivity contribution in [3.8, 4) is 0 Å². The lowest BCUT2D eigenvalue weighted by Gasteiger charge is -2.40. The van der Waals surface area contributed by atoms with Crippen molar-refractivity contribution < 1.29 is 0 Å². The third kappa shape index (κ3) is 2.44. The average Bonchev–Trinajstić information content (AvgIpc) is 2.88. The zero-order valence-electron chi connectivity index (χ0n) is 14.7. The Balaban J connectivity index is 1.80. The topological polar surface area (TPSA) is 8.17 Å². The molecule has 2 atom stereocenters. The first-order chi connectivity index (χ1) is 11.2. The van der Waals surface area contributed by atoms with Gasteiger partial charge in [-0.2, -0.15) is 0 Å². The minimum atomic E-state index is 0.566. The van der Waals surface area contributed by atoms with E-state index in [1.807, 2.05) is 0 Å². The van der Waals surface area contributed by atoms with Crippen LogP contribution in [0.15, 0.2) is 36.0 Å². The number of hydrogen-bond acceptors (Lipinski definition) is 1. The van der Waals surface area contributed by atoms with Crippen LogP contribution in [-0.4, -0.2) is 29.1 Å². The Hall–Kier alpha value is -1.54. The SMILES string of the molecule is CCCCCn1cc2c3c(cccc31)C1C=C(C)CN(C)[C@@H]1C2. The molecular formula is C21H28N2. The van der Waals surface area contributed by atoms with Gasteiger partial charge in [0.2, 0.25) is 0 Å². The molecule has 0 fully saturated rings. The van der Waals surface area contributed by atoms with E-state index in [9.17, 15) is 0 Å². The molecule has 23 heavy (non-hydrogen) atoms. The molecule has 2 aromatic rings. The van der Waals surface area contributed by atoms with E-state index in [1.165, 1.54) is 36.8 Å². The maximum atomic E-state index is 2.55. The molecule has 0 saturated carbocycles. The van der Waals surface area contributed by atoms with Crippen molar-refractivity contribution in [1.82, 2.24) is 9.47 Å². The summed E-state index contributed by atoms with van der Waals surface area (Å²) in [6.45, 7) is 6.83. The summed E-state index contributed by atoms with van der Waals surface area (Å²) in [6, 6.07) is 7.57. The van der Waals surface area contributed by atoms with Crippen LogP contribution in [-0.2, 0) is 13.0 Å². The van der Waals surface area contributed by atoms with Crippen molar-refractivity contribution >= 4 is 10.9 Å². The molecule has 2 nitrogen and oxygen atoms in total. The van der Waals surface area contributed by atoms with Gasteiger partial charge in [0.05, 0.1) is 0 Å². The number of hydrogen-bond donors (Lipinski definition) is 0. The van der Waals surface area contributed by atoms with Gasteiger partial charge >= 0.3 is 0 Å². The standard InChI is InChI=1S/C21H28N2/c1-4-5-6-10-23-14-16-12-20-18(11-15(2)13-22(20)3)17-8-7-9-19(23)21(16)17/h7-9,11,14,18,20H,4-6,10,12-13H2,1-3H3/t18?,20-/m1/s1. The van der Waals surface area contributed by atoms with Crippen LogP contribution in [0, 0.1) is 0 Å². The first-order valence-corrected chi connectivity index (χ1v) is 9.17. The average molecular weight is 308 g/mol. The molecule has 0 N–H and O–H groups in total. The van der Waals surface area contributed by atoms with Crippen molar-refractivity contribution in [2.24, 2.45) is 0 Å². The predicted octanol–water partition coefficient (Wildman–Crippen LogP) is 4.73. The zero-order valence-corrected chi connectivity index (χ0v) is 14.7. The molecule has 0 amide bonds. The van der Waals surface area contributed by atoms with Gasteiger partial charge < -0.3 is 4.57 Å². The maximum Gasteiger partial charge on any atom is 0.0486 e. The van der Waals surface area contributed by atoms with Crippen molar-refractivity contribution in [2.45, 2.75) is 58.0 Å². The number of rotatable bonds is 4. The monoisotopic (exact) mass is 308 g/mol. The molecule has 2 aliphatic rings. The summed E-state index contributed by atoms with van der Waals surface area (Å²) < 4.78 is 2.51. The van der Waals surface area contributed by atoms with Gasteiger partial charge in [0.15, 0.2) is 0 Å². The van der Waals surface area contributed by atoms with Crippen LogP contribution in [0.25, 0.3) is 10.9 Å². The second kappa shape index (κ2) is 5.83. The highest BCUT2D eigenvalue weighted by Crippen LogP contribution is 2.42. The van der Waals surface area contributed by atoms with Crippen LogP contribution in [0.4, 0.5) is 0 Å². The molecule has 122 valence electrons. The Morgan fingerprint density at radius 3 is 2.91 bits per heavy atom. The fourth-order valence-electron chi connectivity index (χ4n) is 4.68. The Bertz CT molecular complexity index is 753. The molecule has 0 radical (unpaired) electrons. The van der Waals surface area contributed by atoms with Crippen molar-refractivity contribution in [2.75, 3.05) is 13.6 Å². The van der Waals surface area contributed by atoms with Gasteiger partial charge in [-0.15, -0.1) is 0 Å². The molecule has 2 heteroatoms. The molecule has 0 saturated heterocycles. The van der Waals surface area contributed by atoms with E-state index in [0.29, 0.717) is 12.0 Å². The summed E-state index contributed by atoms with van der Waals surface area (Å²) in [5, 5.41) is 1.55. The fraction of sp³-hybridized carbons (Fsp3) is 0.524. The lowest BCUT2D eigenvalue weighted by molar-refractivity contribution is 0.224. The highest BCUT2D eigenvalue weighted by atomic mass is 15.1. The minimum absolute atomic E-state index is 0.566. The normalized spacial score (nSPS) is 23.9. The van der Waals surface area contributed by atoms with E-state index in [0.717, 1.165) is 13.1 Å². The zero-order chi connectivity index (χ0) is 16.0. The van der Waals surface area contributed by atoms with Gasteiger partial charge in [-0.1, -0.05) is 43.5 Å². The summed E-state index contributed by atoms with van der Waals surface area (Å²) in [6.07, 6.45) is 10.1. The van der Waals surface area contributed by atoms with Gasteiger partial charge in [-0.3, -0.25) is 4.90 Å². The molecule has 1 aliphatic heterocycles. The second-order valence-corrected chi connectivity index (χ2v) is 7.52. The molecule has 1 aromatic carbocycles. The summed E-state index contributed by atoms with van der Waals surface area (Å²) in [5.41, 5.74) is 6.07. The van der Waals surface area contributed by atoms with Gasteiger partial charge in [0, 0.05) is 42.1 Å². The molecule has 1 aromatic heterocycles. The minimum Gasteiger partial charge on any atom is -0.347 e. The number of benzene rings is 1. The molecule has 0 bridgehead atoms. The Kier molecular flexibility index (Phi) is 3.81. The van der Waals surface area contributed by atoms with Crippen LogP contribution in [0.5, 0.6) is 0 Å². The van der Waals surface area contributed by atoms with Crippen LogP contribution < -0.4 is 0 Å². The van der Waals surface area contributed by atoms with Crippen molar-refractivity contribution in [3.63, 3.8) is 0 Å². The van der Waals surface area contributed by atoms with E-state index >= 15 is 0 Å². The lowest BCUT2D eigenvalue weighted by atomic mass is 9.77. The first-order valence-electron chi connectivity index (χ1n) is 9.17. The van der Waals surface area contributed by atoms with Crippen molar-refractivity contribution in [1.29, 1.82) is 0 Å². The van der Waals surface area contributed by atoms with E-state index in [-0.39, 0.29) is 0 Å². The molecule has 1 aliphatic carbocycles. The second-order valence-electron chi connectivity index (χ2n) is 7.52. The number of likely N-dealkylation sites (N-methyl/N-ethyl adjacent to an activating group) is 1. The largest absolute Gasteiger partial charge is 0.347 e. The molecular weight excluding hydrogens is 280 g/mol. The summed E-state index contributed by atoms with van der Waals surface area (Å²) in [4.78, 5) is 2.55. The fourth-order valence-corrected chi connectivity index (χ4v) is 4.68. The maximum absolute atomic E-state index is 2.55. The van der Waals surface area contributed by atoms with E-state index in [1.54, 1.807) is 16.5 Å². The number of aryl methyl sites for hydroxylation is 1. The van der Waals surface area contributed by atoms with Crippen LogP contribution >= 0.6 is 0 Å². The van der Waals surface area contributed by atoms with Gasteiger partial charge in [-0.25, -0.2) is 0 Å². The number of fused-ring (bicyclic) bond motifs is 2. The third-order valence-electron chi connectivity index (χ3n) is 5.75. The summed E-state index contributed by atoms with van der Waals surface area (Å²) in [5.74, 6) is 0.566. The highest BCUT2D eigenvalue weighted by Gasteiger charge is 2.35.